The average molecular weight is 867 g/mol. The number of esters is 1. The second kappa shape index (κ2) is 22.6. The Kier molecular flexibility index (Phi) is 17.6. The molecule has 0 saturated carbocycles. The Morgan fingerprint density at radius 1 is 1.10 bits per heavy atom. The highest BCUT2D eigenvalue weighted by Crippen LogP contribution is 2.41. The van der Waals surface area contributed by atoms with E-state index in [1.807, 2.05) is 45.1 Å². The van der Waals surface area contributed by atoms with Crippen molar-refractivity contribution in [2.24, 2.45) is 17.3 Å². The number of aryl methyl sites for hydroxylation is 2. The van der Waals surface area contributed by atoms with Gasteiger partial charge in [-0.05, 0) is 106 Å². The van der Waals surface area contributed by atoms with Crippen LogP contribution in [0.15, 0.2) is 54.9 Å². The van der Waals surface area contributed by atoms with Gasteiger partial charge in [0.15, 0.2) is 0 Å². The van der Waals surface area contributed by atoms with E-state index < -0.39 is 6.04 Å². The fourth-order valence-corrected chi connectivity index (χ4v) is 8.86. The van der Waals surface area contributed by atoms with Gasteiger partial charge in [0.25, 0.3) is 5.91 Å². The molecule has 2 aliphatic rings. The van der Waals surface area contributed by atoms with Crippen LogP contribution in [0.4, 0.5) is 0 Å². The third kappa shape index (κ3) is 12.8. The van der Waals surface area contributed by atoms with Gasteiger partial charge in [-0.1, -0.05) is 57.5 Å². The number of ether oxygens (including phenoxy) is 3. The molecule has 3 atom stereocenters. The maximum Gasteiger partial charge on any atom is 0.302 e. The van der Waals surface area contributed by atoms with Crippen LogP contribution in [0.3, 0.4) is 0 Å². The molecule has 63 heavy (non-hydrogen) atoms. The van der Waals surface area contributed by atoms with Crippen molar-refractivity contribution in [3.63, 3.8) is 0 Å². The monoisotopic (exact) mass is 867 g/mol. The van der Waals surface area contributed by atoms with E-state index in [2.05, 4.69) is 84.4 Å². The highest BCUT2D eigenvalue weighted by molar-refractivity contribution is 5.95. The third-order valence-corrected chi connectivity index (χ3v) is 11.8. The number of carbonyl (C=O) groups excluding carboxylic acids is 4. The van der Waals surface area contributed by atoms with Crippen LogP contribution >= 0.6 is 0 Å². The number of carbonyl (C=O) groups is 4. The molecule has 4 heterocycles. The zero-order valence-electron chi connectivity index (χ0n) is 39.2. The van der Waals surface area contributed by atoms with Gasteiger partial charge >= 0.3 is 5.97 Å². The molecular formula is C50H70N6O7. The maximum atomic E-state index is 14.1. The molecule has 0 aliphatic carbocycles. The van der Waals surface area contributed by atoms with Crippen LogP contribution in [0.1, 0.15) is 83.1 Å². The van der Waals surface area contributed by atoms with Crippen molar-refractivity contribution in [3.8, 4) is 22.4 Å². The summed E-state index contributed by atoms with van der Waals surface area (Å²) < 4.78 is 18.5. The number of methoxy groups -OCH3 is 1. The molecule has 2 amide bonds. The van der Waals surface area contributed by atoms with Crippen molar-refractivity contribution in [2.45, 2.75) is 106 Å². The highest BCUT2D eigenvalue weighted by Gasteiger charge is 2.33. The molecule has 2 saturated heterocycles. The Balaban J connectivity index is 0.000000971. The number of hydrogen-bond donors (Lipinski definition) is 2. The molecule has 13 heteroatoms. The molecule has 6 rings (SSSR count). The van der Waals surface area contributed by atoms with Gasteiger partial charge in [-0.3, -0.25) is 29.3 Å². The molecule has 0 radical (unpaired) electrons. The number of nitrogens with one attached hydrogen (secondary N) is 2. The number of nitrogens with zero attached hydrogens (tertiary/aromatic N) is 4. The Bertz CT molecular complexity index is 2180. The number of fused-ring (bicyclic) bond motifs is 1. The SMILES string of the molecule is CCn1c(-c2cnccc2COC)c(CC(C)(C)COC(C)=O)c2cc(-c3cc(C)cc(CC(NC(=O)C(C(C)C)N(C)C)C(=O)N4CCCCN4)c3)ccc21.O=CC1CCOC1. The van der Waals surface area contributed by atoms with Crippen molar-refractivity contribution in [2.75, 3.05) is 54.1 Å². The maximum absolute atomic E-state index is 14.1. The van der Waals surface area contributed by atoms with Crippen molar-refractivity contribution in [3.05, 3.63) is 77.1 Å². The van der Waals surface area contributed by atoms with Gasteiger partial charge in [0.05, 0.1) is 31.6 Å². The zero-order chi connectivity index (χ0) is 45.8. The second-order valence-electron chi connectivity index (χ2n) is 18.4. The smallest absolute Gasteiger partial charge is 0.302 e. The van der Waals surface area contributed by atoms with Crippen molar-refractivity contribution in [1.82, 2.24) is 30.2 Å². The lowest BCUT2D eigenvalue weighted by atomic mass is 9.84. The fourth-order valence-electron chi connectivity index (χ4n) is 8.86. The van der Waals surface area contributed by atoms with Crippen LogP contribution < -0.4 is 10.7 Å². The van der Waals surface area contributed by atoms with Crippen molar-refractivity contribution in [1.29, 1.82) is 0 Å². The normalized spacial score (nSPS) is 16.4. The van der Waals surface area contributed by atoms with Gasteiger partial charge in [0, 0.05) is 86.9 Å². The first kappa shape index (κ1) is 49.1. The van der Waals surface area contributed by atoms with E-state index >= 15 is 0 Å². The average Bonchev–Trinajstić information content (AvgIpc) is 3.89. The fraction of sp³-hybridized carbons (Fsp3) is 0.540. The predicted octanol–water partition coefficient (Wildman–Crippen LogP) is 6.94. The van der Waals surface area contributed by atoms with E-state index in [1.54, 1.807) is 18.3 Å². The topological polar surface area (TPSA) is 144 Å². The molecule has 4 aromatic rings. The number of benzene rings is 2. The molecule has 0 spiro atoms. The van der Waals surface area contributed by atoms with Crippen LogP contribution in [-0.4, -0.2) is 110 Å². The molecule has 2 N–H and O–H groups in total. The van der Waals surface area contributed by atoms with E-state index in [0.717, 1.165) is 101 Å². The van der Waals surface area contributed by atoms with Gasteiger partial charge < -0.3 is 28.9 Å². The number of rotatable bonds is 17. The molecule has 2 aromatic carbocycles. The Hall–Kier alpha value is -4.95. The molecule has 0 bridgehead atoms. The molecular weight excluding hydrogens is 797 g/mol. The summed E-state index contributed by atoms with van der Waals surface area (Å²) in [6.45, 7) is 18.2. The minimum Gasteiger partial charge on any atom is -0.465 e. The van der Waals surface area contributed by atoms with Gasteiger partial charge in [-0.2, -0.15) is 0 Å². The van der Waals surface area contributed by atoms with E-state index in [-0.39, 0.29) is 47.7 Å². The minimum atomic E-state index is -0.737. The summed E-state index contributed by atoms with van der Waals surface area (Å²) in [5.41, 5.74) is 12.4. The van der Waals surface area contributed by atoms with Crippen LogP contribution in [0.25, 0.3) is 33.3 Å². The minimum absolute atomic E-state index is 0.0688. The van der Waals surface area contributed by atoms with E-state index in [9.17, 15) is 19.2 Å². The van der Waals surface area contributed by atoms with Gasteiger partial charge in [0.1, 0.15) is 12.3 Å². The van der Waals surface area contributed by atoms with E-state index in [0.29, 0.717) is 32.6 Å². The first-order chi connectivity index (χ1) is 30.1. The van der Waals surface area contributed by atoms with E-state index in [1.165, 1.54) is 6.92 Å². The summed E-state index contributed by atoms with van der Waals surface area (Å²) >= 11 is 0. The number of amides is 2. The van der Waals surface area contributed by atoms with E-state index in [4.69, 9.17) is 14.2 Å². The quantitative estimate of drug-likeness (QED) is 0.0847. The molecule has 2 aromatic heterocycles. The number of hydrogen-bond acceptors (Lipinski definition) is 10. The van der Waals surface area contributed by atoms with Crippen LogP contribution in [0, 0.1) is 24.2 Å². The lowest BCUT2D eigenvalue weighted by Gasteiger charge is -2.33. The molecule has 3 unspecified atom stereocenters. The third-order valence-electron chi connectivity index (χ3n) is 11.8. The van der Waals surface area contributed by atoms with Gasteiger partial charge in [-0.25, -0.2) is 5.43 Å². The summed E-state index contributed by atoms with van der Waals surface area (Å²) in [7, 11) is 5.50. The predicted molar refractivity (Wildman–Crippen MR) is 248 cm³/mol. The number of hydrazine groups is 1. The van der Waals surface area contributed by atoms with Crippen molar-refractivity contribution >= 4 is 35.0 Å². The summed E-state index contributed by atoms with van der Waals surface area (Å²) in [6, 6.07) is 14.0. The van der Waals surface area contributed by atoms with Crippen molar-refractivity contribution < 1.29 is 33.4 Å². The summed E-state index contributed by atoms with van der Waals surface area (Å²) in [6.07, 6.45) is 8.54. The zero-order valence-corrected chi connectivity index (χ0v) is 39.2. The lowest BCUT2D eigenvalue weighted by molar-refractivity contribution is -0.144. The number of aromatic nitrogens is 2. The summed E-state index contributed by atoms with van der Waals surface area (Å²) in [5.74, 6) is -0.309. The Labute approximate surface area is 374 Å². The summed E-state index contributed by atoms with van der Waals surface area (Å²) in [4.78, 5) is 56.1. The first-order valence-corrected chi connectivity index (χ1v) is 22.4. The molecule has 13 nitrogen and oxygen atoms in total. The second-order valence-corrected chi connectivity index (χ2v) is 18.4. The number of pyridine rings is 1. The first-order valence-electron chi connectivity index (χ1n) is 22.4. The largest absolute Gasteiger partial charge is 0.465 e. The highest BCUT2D eigenvalue weighted by atomic mass is 16.5. The lowest BCUT2D eigenvalue weighted by Crippen LogP contribution is -2.58. The van der Waals surface area contributed by atoms with Crippen LogP contribution in [0.5, 0.6) is 0 Å². The Morgan fingerprint density at radius 3 is 2.48 bits per heavy atom. The van der Waals surface area contributed by atoms with Crippen LogP contribution in [0.2, 0.25) is 0 Å². The van der Waals surface area contributed by atoms with Gasteiger partial charge in [-0.15, -0.1) is 0 Å². The molecule has 342 valence electrons. The van der Waals surface area contributed by atoms with Gasteiger partial charge in [0.2, 0.25) is 5.91 Å². The standard InChI is InChI=1S/C45H62N6O5.C5H8O2/c1-11-50-40-15-14-33(24-36(40)37(25-45(6,7)28-56-31(5)52)42(50)38-26-46-18-16-34(38)27-55-10)35-21-30(4)20-32(22-35)23-39(44(54)51-19-13-12-17-47-51)48-43(53)41(29(2)3)49(8)9;6-3-5-1-2-7-4-5/h14-16,18,20-22,24,26,29,39,41,47H,11-13,17,19,23,25,27-28H2,1-10H3,(H,48,53);3,5H,1-2,4H2. The summed E-state index contributed by atoms with van der Waals surface area (Å²) in [5, 5.41) is 5.96. The molecule has 2 aliphatic heterocycles. The number of likely N-dealkylation sites (N-methyl/N-ethyl adjacent to an activating group) is 1. The molecule has 2 fully saturated rings. The number of aldehydes is 1. The van der Waals surface area contributed by atoms with Crippen LogP contribution in [-0.2, 0) is 59.4 Å². The Morgan fingerprint density at radius 2 is 1.87 bits per heavy atom.